The third-order valence-electron chi connectivity index (χ3n) is 0.612. The third-order valence-corrected chi connectivity index (χ3v) is 0.612. The van der Waals surface area contributed by atoms with Gasteiger partial charge in [-0.3, -0.25) is 4.79 Å². The molecular formula is C5H6O4. The van der Waals surface area contributed by atoms with Gasteiger partial charge in [0.15, 0.2) is 0 Å². The van der Waals surface area contributed by atoms with Gasteiger partial charge in [0.1, 0.15) is 0 Å². The van der Waals surface area contributed by atoms with Crippen LogP contribution >= 0.6 is 0 Å². The highest BCUT2D eigenvalue weighted by molar-refractivity contribution is 6.38. The summed E-state index contributed by atoms with van der Waals surface area (Å²) in [4.78, 5) is 20.4. The molecule has 0 radical (unpaired) electrons. The Kier molecular flexibility index (Phi) is 3.12. The number of hydrogen-bond donors (Lipinski definition) is 1. The maximum Gasteiger partial charge on any atom is 0.378 e. The molecule has 0 fully saturated rings. The van der Waals surface area contributed by atoms with E-state index in [0.29, 0.717) is 12.3 Å². The van der Waals surface area contributed by atoms with Gasteiger partial charge in [-0.25, -0.2) is 4.79 Å². The molecule has 0 rings (SSSR count). The first-order chi connectivity index (χ1) is 4.22. The van der Waals surface area contributed by atoms with E-state index in [-0.39, 0.29) is 0 Å². The van der Waals surface area contributed by atoms with Gasteiger partial charge in [-0.05, 0) is 0 Å². The molecular weight excluding hydrogens is 124 g/mol. The topological polar surface area (TPSA) is 63.6 Å². The predicted molar refractivity (Wildman–Crippen MR) is 28.8 cm³/mol. The van der Waals surface area contributed by atoms with Crippen molar-refractivity contribution in [2.45, 2.75) is 0 Å². The fourth-order valence-electron chi connectivity index (χ4n) is 0.236. The number of methoxy groups -OCH3 is 1. The SMILES string of the molecule is COC(=O)C(=O)/C=C/O. The summed E-state index contributed by atoms with van der Waals surface area (Å²) in [6.45, 7) is 0. The van der Waals surface area contributed by atoms with Crippen molar-refractivity contribution in [3.8, 4) is 0 Å². The van der Waals surface area contributed by atoms with Crippen LogP contribution in [0.1, 0.15) is 0 Å². The van der Waals surface area contributed by atoms with Gasteiger partial charge in [0.25, 0.3) is 5.78 Å². The summed E-state index contributed by atoms with van der Waals surface area (Å²) >= 11 is 0. The number of carbonyl (C=O) groups excluding carboxylic acids is 2. The zero-order chi connectivity index (χ0) is 7.28. The molecule has 0 aliphatic rings. The minimum Gasteiger partial charge on any atom is -0.515 e. The molecule has 50 valence electrons. The van der Waals surface area contributed by atoms with Crippen molar-refractivity contribution in [1.82, 2.24) is 0 Å². The number of hydrogen-bond acceptors (Lipinski definition) is 4. The van der Waals surface area contributed by atoms with E-state index in [1.807, 2.05) is 0 Å². The Bertz CT molecular complexity index is 147. The van der Waals surface area contributed by atoms with Gasteiger partial charge in [0.05, 0.1) is 13.4 Å². The van der Waals surface area contributed by atoms with Gasteiger partial charge in [-0.15, -0.1) is 0 Å². The Morgan fingerprint density at radius 3 is 2.44 bits per heavy atom. The maximum atomic E-state index is 10.3. The van der Waals surface area contributed by atoms with Crippen LogP contribution in [0, 0.1) is 0 Å². The molecule has 1 N–H and O–H groups in total. The highest BCUT2D eigenvalue weighted by atomic mass is 16.5. The lowest BCUT2D eigenvalue weighted by Crippen LogP contribution is -2.12. The highest BCUT2D eigenvalue weighted by Crippen LogP contribution is 1.78. The zero-order valence-corrected chi connectivity index (χ0v) is 4.83. The normalized spacial score (nSPS) is 9.44. The average molecular weight is 130 g/mol. The molecule has 4 nitrogen and oxygen atoms in total. The molecule has 0 aromatic rings. The summed E-state index contributed by atoms with van der Waals surface area (Å²) in [5.74, 6) is -1.86. The van der Waals surface area contributed by atoms with Crippen LogP contribution in [-0.4, -0.2) is 24.0 Å². The fourth-order valence-corrected chi connectivity index (χ4v) is 0.236. The largest absolute Gasteiger partial charge is 0.515 e. The van der Waals surface area contributed by atoms with E-state index in [1.54, 1.807) is 0 Å². The summed E-state index contributed by atoms with van der Waals surface area (Å²) < 4.78 is 4.01. The first kappa shape index (κ1) is 7.68. The molecule has 0 saturated heterocycles. The second-order valence-electron chi connectivity index (χ2n) is 1.17. The van der Waals surface area contributed by atoms with Crippen LogP contribution in [0.25, 0.3) is 0 Å². The van der Waals surface area contributed by atoms with E-state index in [2.05, 4.69) is 4.74 Å². The Balaban J connectivity index is 3.89. The average Bonchev–Trinajstić information content (AvgIpc) is 1.87. The van der Waals surface area contributed by atoms with Gasteiger partial charge in [-0.2, -0.15) is 0 Å². The van der Waals surface area contributed by atoms with Gasteiger partial charge >= 0.3 is 5.97 Å². The van der Waals surface area contributed by atoms with E-state index >= 15 is 0 Å². The molecule has 0 aromatic carbocycles. The van der Waals surface area contributed by atoms with E-state index in [9.17, 15) is 9.59 Å². The standard InChI is InChI=1S/C5H6O4/c1-9-5(8)4(7)2-3-6/h2-3,6H,1H3/b3-2+. The van der Waals surface area contributed by atoms with Crippen LogP contribution in [0.3, 0.4) is 0 Å². The van der Waals surface area contributed by atoms with Crippen LogP contribution in [0.4, 0.5) is 0 Å². The lowest BCUT2D eigenvalue weighted by atomic mass is 10.4. The van der Waals surface area contributed by atoms with Crippen molar-refractivity contribution in [2.24, 2.45) is 0 Å². The van der Waals surface area contributed by atoms with Crippen LogP contribution < -0.4 is 0 Å². The first-order valence-electron chi connectivity index (χ1n) is 2.15. The Morgan fingerprint density at radius 1 is 1.56 bits per heavy atom. The molecule has 0 bridgehead atoms. The van der Waals surface area contributed by atoms with Crippen molar-refractivity contribution in [3.63, 3.8) is 0 Å². The zero-order valence-electron chi connectivity index (χ0n) is 4.83. The lowest BCUT2D eigenvalue weighted by Gasteiger charge is -1.88. The minimum atomic E-state index is -0.986. The maximum absolute atomic E-state index is 10.3. The number of rotatable bonds is 2. The van der Waals surface area contributed by atoms with Crippen LogP contribution in [0.2, 0.25) is 0 Å². The lowest BCUT2D eigenvalue weighted by molar-refractivity contribution is -0.149. The number of esters is 1. The molecule has 0 unspecified atom stereocenters. The molecule has 0 saturated carbocycles. The number of aliphatic hydroxyl groups excluding tert-OH is 1. The Morgan fingerprint density at radius 2 is 2.11 bits per heavy atom. The molecule has 0 spiro atoms. The number of ether oxygens (including phenoxy) is 1. The van der Waals surface area contributed by atoms with Crippen LogP contribution in [0.15, 0.2) is 12.3 Å². The van der Waals surface area contributed by atoms with Gasteiger partial charge in [0, 0.05) is 6.08 Å². The monoisotopic (exact) mass is 130 g/mol. The number of ketones is 1. The fraction of sp³-hybridized carbons (Fsp3) is 0.200. The molecule has 0 atom stereocenters. The molecule has 4 heteroatoms. The van der Waals surface area contributed by atoms with Gasteiger partial charge in [0.2, 0.25) is 0 Å². The summed E-state index contributed by atoms with van der Waals surface area (Å²) in [7, 11) is 1.09. The van der Waals surface area contributed by atoms with Crippen molar-refractivity contribution in [2.75, 3.05) is 7.11 Å². The summed E-state index contributed by atoms with van der Waals surface area (Å²) in [5, 5.41) is 7.97. The second-order valence-corrected chi connectivity index (χ2v) is 1.17. The minimum absolute atomic E-state index is 0.485. The van der Waals surface area contributed by atoms with Gasteiger partial charge in [-0.1, -0.05) is 0 Å². The quantitative estimate of drug-likeness (QED) is 0.243. The van der Waals surface area contributed by atoms with Crippen LogP contribution in [0.5, 0.6) is 0 Å². The molecule has 9 heavy (non-hydrogen) atoms. The van der Waals surface area contributed by atoms with Crippen molar-refractivity contribution in [3.05, 3.63) is 12.3 Å². The smallest absolute Gasteiger partial charge is 0.378 e. The van der Waals surface area contributed by atoms with E-state index in [0.717, 1.165) is 7.11 Å². The molecule has 0 heterocycles. The summed E-state index contributed by atoms with van der Waals surface area (Å²) in [6.07, 6.45) is 1.20. The first-order valence-corrected chi connectivity index (χ1v) is 2.15. The molecule has 0 aliphatic carbocycles. The van der Waals surface area contributed by atoms with E-state index in [4.69, 9.17) is 5.11 Å². The second kappa shape index (κ2) is 3.65. The van der Waals surface area contributed by atoms with Crippen molar-refractivity contribution >= 4 is 11.8 Å². The summed E-state index contributed by atoms with van der Waals surface area (Å²) in [6, 6.07) is 0. The van der Waals surface area contributed by atoms with Crippen molar-refractivity contribution in [1.29, 1.82) is 0 Å². The molecule has 0 aliphatic heterocycles. The molecule has 0 amide bonds. The third kappa shape index (κ3) is 2.48. The number of carbonyl (C=O) groups is 2. The predicted octanol–water partition coefficient (Wildman–Crippen LogP) is -0.200. The van der Waals surface area contributed by atoms with E-state index < -0.39 is 11.8 Å². The molecule has 0 aromatic heterocycles. The van der Waals surface area contributed by atoms with Crippen LogP contribution in [-0.2, 0) is 14.3 Å². The van der Waals surface area contributed by atoms with E-state index in [1.165, 1.54) is 0 Å². The number of aliphatic hydroxyl groups is 1. The Labute approximate surface area is 51.7 Å². The highest BCUT2D eigenvalue weighted by Gasteiger charge is 2.07. The van der Waals surface area contributed by atoms with Gasteiger partial charge < -0.3 is 9.84 Å². The van der Waals surface area contributed by atoms with Crippen molar-refractivity contribution < 1.29 is 19.4 Å². The summed E-state index contributed by atoms with van der Waals surface area (Å²) in [5.41, 5.74) is 0. The Hall–Kier alpha value is -1.32.